The van der Waals surface area contributed by atoms with Gasteiger partial charge in [-0.15, -0.1) is 0 Å². The predicted octanol–water partition coefficient (Wildman–Crippen LogP) is 4.11. The summed E-state index contributed by atoms with van der Waals surface area (Å²) < 4.78 is 0. The maximum atomic E-state index is 14.2. The number of hydrogen-bond donors (Lipinski definition) is 3. The number of likely N-dealkylation sites (N-methyl/N-ethyl adjacent to an activating group) is 1. The highest BCUT2D eigenvalue weighted by molar-refractivity contribution is 6.31. The zero-order chi connectivity index (χ0) is 27.9. The lowest BCUT2D eigenvalue weighted by Gasteiger charge is -2.37. The first-order chi connectivity index (χ1) is 18.5. The van der Waals surface area contributed by atoms with Crippen molar-refractivity contribution in [2.24, 2.45) is 5.41 Å². The SMILES string of the molecule is CN1CCN(CCNC(=O)[C@@H]2N[C@H](CC(C)(C)C)[C@]3(C(=O)Nc4cc(Cl)ccc43)[C@H]2c2cccc(Cl)c2)CC1. The minimum absolute atomic E-state index is 0.0915. The molecule has 2 fully saturated rings. The third-order valence-electron chi connectivity index (χ3n) is 8.44. The molecule has 1 spiro atoms. The van der Waals surface area contributed by atoms with Gasteiger partial charge in [-0.05, 0) is 54.3 Å². The highest BCUT2D eigenvalue weighted by Crippen LogP contribution is 2.56. The van der Waals surface area contributed by atoms with Crippen LogP contribution in [0.5, 0.6) is 0 Å². The number of anilines is 1. The van der Waals surface area contributed by atoms with Gasteiger partial charge in [0, 0.05) is 67.0 Å². The normalized spacial score (nSPS) is 27.5. The third-order valence-corrected chi connectivity index (χ3v) is 8.91. The van der Waals surface area contributed by atoms with Crippen LogP contribution in [-0.4, -0.2) is 80.0 Å². The van der Waals surface area contributed by atoms with Crippen molar-refractivity contribution in [3.05, 3.63) is 63.6 Å². The Balaban J connectivity index is 1.52. The first-order valence-corrected chi connectivity index (χ1v) is 14.6. The number of nitrogens with zero attached hydrogens (tertiary/aromatic N) is 2. The molecule has 0 unspecified atom stereocenters. The monoisotopic (exact) mass is 571 g/mol. The minimum Gasteiger partial charge on any atom is -0.353 e. The maximum absolute atomic E-state index is 14.2. The number of carbonyl (C=O) groups excluding carboxylic acids is 2. The molecule has 3 N–H and O–H groups in total. The highest BCUT2D eigenvalue weighted by Gasteiger charge is 2.65. The van der Waals surface area contributed by atoms with Crippen molar-refractivity contribution in [2.45, 2.75) is 50.6 Å². The molecule has 0 saturated carbocycles. The maximum Gasteiger partial charge on any atom is 0.237 e. The first-order valence-electron chi connectivity index (χ1n) is 13.8. The van der Waals surface area contributed by atoms with E-state index < -0.39 is 17.4 Å². The number of amides is 2. The summed E-state index contributed by atoms with van der Waals surface area (Å²) in [5.41, 5.74) is 1.35. The molecule has 0 aliphatic carbocycles. The van der Waals surface area contributed by atoms with Crippen LogP contribution in [0.15, 0.2) is 42.5 Å². The smallest absolute Gasteiger partial charge is 0.237 e. The van der Waals surface area contributed by atoms with Crippen LogP contribution in [0.3, 0.4) is 0 Å². The molecule has 9 heteroatoms. The summed E-state index contributed by atoms with van der Waals surface area (Å²) in [7, 11) is 2.13. The molecule has 2 amide bonds. The van der Waals surface area contributed by atoms with Gasteiger partial charge in [0.25, 0.3) is 0 Å². The number of benzene rings is 2. The Hall–Kier alpha value is -2.16. The average molecular weight is 573 g/mol. The lowest BCUT2D eigenvalue weighted by Crippen LogP contribution is -2.49. The van der Waals surface area contributed by atoms with E-state index in [1.807, 2.05) is 36.4 Å². The summed E-state index contributed by atoms with van der Waals surface area (Å²) in [6.07, 6.45) is 0.699. The lowest BCUT2D eigenvalue weighted by atomic mass is 9.62. The fraction of sp³-hybridized carbons (Fsp3) is 0.533. The van der Waals surface area contributed by atoms with Crippen LogP contribution in [0.1, 0.15) is 44.2 Å². The number of rotatable bonds is 6. The number of hydrogen-bond acceptors (Lipinski definition) is 5. The summed E-state index contributed by atoms with van der Waals surface area (Å²) in [5, 5.41) is 11.1. The summed E-state index contributed by atoms with van der Waals surface area (Å²) in [6, 6.07) is 12.3. The van der Waals surface area contributed by atoms with Gasteiger partial charge in [-0.1, -0.05) is 62.2 Å². The molecule has 4 atom stereocenters. The van der Waals surface area contributed by atoms with Crippen molar-refractivity contribution in [1.29, 1.82) is 0 Å². The molecule has 0 bridgehead atoms. The van der Waals surface area contributed by atoms with Crippen LogP contribution in [0, 0.1) is 5.41 Å². The van der Waals surface area contributed by atoms with E-state index >= 15 is 0 Å². The third kappa shape index (κ3) is 5.57. The van der Waals surface area contributed by atoms with Gasteiger partial charge in [0.2, 0.25) is 11.8 Å². The van der Waals surface area contributed by atoms with E-state index in [0.717, 1.165) is 43.9 Å². The van der Waals surface area contributed by atoms with E-state index in [0.29, 0.717) is 28.7 Å². The van der Waals surface area contributed by atoms with Crippen LogP contribution in [0.25, 0.3) is 0 Å². The van der Waals surface area contributed by atoms with Crippen LogP contribution in [0.4, 0.5) is 5.69 Å². The second-order valence-corrected chi connectivity index (χ2v) is 13.3. The summed E-state index contributed by atoms with van der Waals surface area (Å²) >= 11 is 12.8. The summed E-state index contributed by atoms with van der Waals surface area (Å²) in [5.74, 6) is -0.672. The second kappa shape index (κ2) is 11.0. The standard InChI is InChI=1S/C30H39Cl2N5O2/c1-29(2,3)18-24-30(22-9-8-21(32)17-23(22)34-28(30)39)25(19-6-5-7-20(31)16-19)26(35-24)27(38)33-10-11-37-14-12-36(4)13-15-37/h5-9,16-17,24-26,35H,10-15,18H2,1-4H3,(H,33,38)(H,34,39)/t24-,25+,26-,30+/m1/s1. The fourth-order valence-corrected chi connectivity index (χ4v) is 7.01. The van der Waals surface area contributed by atoms with Crippen molar-refractivity contribution in [2.75, 3.05) is 51.6 Å². The Kier molecular flexibility index (Phi) is 8.01. The fourth-order valence-electron chi connectivity index (χ4n) is 6.64. The predicted molar refractivity (Wildman–Crippen MR) is 158 cm³/mol. The van der Waals surface area contributed by atoms with E-state index in [-0.39, 0.29) is 23.3 Å². The van der Waals surface area contributed by atoms with E-state index in [1.54, 1.807) is 6.07 Å². The zero-order valence-electron chi connectivity index (χ0n) is 23.2. The number of fused-ring (bicyclic) bond motifs is 2. The van der Waals surface area contributed by atoms with Crippen molar-refractivity contribution >= 4 is 40.7 Å². The molecule has 3 heterocycles. The number of nitrogens with one attached hydrogen (secondary N) is 3. The lowest BCUT2D eigenvalue weighted by molar-refractivity contribution is -0.123. The Bertz CT molecular complexity index is 1240. The summed E-state index contributed by atoms with van der Waals surface area (Å²) in [4.78, 5) is 32.8. The van der Waals surface area contributed by atoms with Gasteiger partial charge in [-0.3, -0.25) is 14.5 Å². The van der Waals surface area contributed by atoms with Crippen LogP contribution < -0.4 is 16.0 Å². The van der Waals surface area contributed by atoms with Gasteiger partial charge in [-0.25, -0.2) is 0 Å². The molecule has 39 heavy (non-hydrogen) atoms. The van der Waals surface area contributed by atoms with Crippen molar-refractivity contribution in [3.8, 4) is 0 Å². The Morgan fingerprint density at radius 1 is 1.08 bits per heavy atom. The van der Waals surface area contributed by atoms with Crippen molar-refractivity contribution < 1.29 is 9.59 Å². The average Bonchev–Trinajstić information content (AvgIpc) is 3.34. The molecule has 3 aliphatic heterocycles. The highest BCUT2D eigenvalue weighted by atomic mass is 35.5. The van der Waals surface area contributed by atoms with Crippen LogP contribution >= 0.6 is 23.2 Å². The molecule has 0 radical (unpaired) electrons. The second-order valence-electron chi connectivity index (χ2n) is 12.4. The van der Waals surface area contributed by atoms with E-state index in [9.17, 15) is 9.59 Å². The topological polar surface area (TPSA) is 76.7 Å². The van der Waals surface area contributed by atoms with Crippen molar-refractivity contribution in [3.63, 3.8) is 0 Å². The minimum atomic E-state index is -1.00. The molecule has 0 aromatic heterocycles. The zero-order valence-corrected chi connectivity index (χ0v) is 24.7. The largest absolute Gasteiger partial charge is 0.353 e. The van der Waals surface area contributed by atoms with Gasteiger partial charge in [0.05, 0.1) is 6.04 Å². The molecular weight excluding hydrogens is 533 g/mol. The Labute approximate surface area is 241 Å². The summed E-state index contributed by atoms with van der Waals surface area (Å²) in [6.45, 7) is 11.9. The molecule has 210 valence electrons. The molecular formula is C30H39Cl2N5O2. The molecule has 7 nitrogen and oxygen atoms in total. The van der Waals surface area contributed by atoms with Gasteiger partial charge >= 0.3 is 0 Å². The molecule has 2 saturated heterocycles. The van der Waals surface area contributed by atoms with Crippen LogP contribution in [-0.2, 0) is 15.0 Å². The quantitative estimate of drug-likeness (QED) is 0.486. The van der Waals surface area contributed by atoms with Gasteiger partial charge in [-0.2, -0.15) is 0 Å². The van der Waals surface area contributed by atoms with Crippen molar-refractivity contribution in [1.82, 2.24) is 20.4 Å². The molecule has 5 rings (SSSR count). The molecule has 2 aromatic carbocycles. The number of carbonyl (C=O) groups is 2. The number of piperazine rings is 1. The van der Waals surface area contributed by atoms with Crippen LogP contribution in [0.2, 0.25) is 10.0 Å². The van der Waals surface area contributed by atoms with Gasteiger partial charge < -0.3 is 20.9 Å². The molecule has 3 aliphatic rings. The number of halogens is 2. The van der Waals surface area contributed by atoms with E-state index in [4.69, 9.17) is 23.2 Å². The Morgan fingerprint density at radius 2 is 1.79 bits per heavy atom. The van der Waals surface area contributed by atoms with E-state index in [1.165, 1.54) is 0 Å². The van der Waals surface area contributed by atoms with E-state index in [2.05, 4.69) is 53.6 Å². The first kappa shape index (κ1) is 28.4. The van der Waals surface area contributed by atoms with Gasteiger partial charge in [0.1, 0.15) is 5.41 Å². The van der Waals surface area contributed by atoms with Gasteiger partial charge in [0.15, 0.2) is 0 Å². The molecule has 2 aromatic rings. The Morgan fingerprint density at radius 3 is 2.49 bits per heavy atom.